The van der Waals surface area contributed by atoms with Gasteiger partial charge < -0.3 is 21.3 Å². The van der Waals surface area contributed by atoms with Gasteiger partial charge in [0.25, 0.3) is 5.91 Å². The third kappa shape index (κ3) is 2.76. The van der Waals surface area contributed by atoms with Gasteiger partial charge in [0.1, 0.15) is 5.69 Å². The van der Waals surface area contributed by atoms with Gasteiger partial charge in [-0.25, -0.2) is 0 Å². The second kappa shape index (κ2) is 5.61. The molecule has 110 valence electrons. The SMILES string of the molecule is NC(=O)c1ccc(N)cc1Nc1cc(-c2ccccc2)no1. The lowest BCUT2D eigenvalue weighted by Crippen LogP contribution is -2.13. The van der Waals surface area contributed by atoms with E-state index in [-0.39, 0.29) is 0 Å². The van der Waals surface area contributed by atoms with E-state index in [2.05, 4.69) is 10.5 Å². The minimum atomic E-state index is -0.551. The highest BCUT2D eigenvalue weighted by molar-refractivity contribution is 5.99. The van der Waals surface area contributed by atoms with E-state index in [1.807, 2.05) is 30.3 Å². The summed E-state index contributed by atoms with van der Waals surface area (Å²) in [5.41, 5.74) is 14.0. The first kappa shape index (κ1) is 13.7. The summed E-state index contributed by atoms with van der Waals surface area (Å²) in [5, 5.41) is 6.97. The maximum absolute atomic E-state index is 11.4. The first-order chi connectivity index (χ1) is 10.6. The average Bonchev–Trinajstić information content (AvgIpc) is 2.96. The quantitative estimate of drug-likeness (QED) is 0.641. The number of carbonyl (C=O) groups is 1. The van der Waals surface area contributed by atoms with Crippen molar-refractivity contribution in [1.29, 1.82) is 0 Å². The van der Waals surface area contributed by atoms with Crippen molar-refractivity contribution in [1.82, 2.24) is 5.16 Å². The molecule has 1 heterocycles. The number of nitrogens with one attached hydrogen (secondary N) is 1. The highest BCUT2D eigenvalue weighted by Crippen LogP contribution is 2.26. The van der Waals surface area contributed by atoms with Gasteiger partial charge in [-0.3, -0.25) is 4.79 Å². The van der Waals surface area contributed by atoms with Crippen LogP contribution in [-0.2, 0) is 0 Å². The predicted octanol–water partition coefficient (Wildman–Crippen LogP) is 2.77. The standard InChI is InChI=1S/C16H14N4O2/c17-11-6-7-12(16(18)21)14(8-11)19-15-9-13(20-22-15)10-4-2-1-3-5-10/h1-9,19H,17H2,(H2,18,21). The second-order valence-electron chi connectivity index (χ2n) is 4.74. The van der Waals surface area contributed by atoms with E-state index in [9.17, 15) is 4.79 Å². The Morgan fingerprint density at radius 3 is 2.59 bits per heavy atom. The topological polar surface area (TPSA) is 107 Å². The molecule has 2 aromatic carbocycles. The summed E-state index contributed by atoms with van der Waals surface area (Å²) in [7, 11) is 0. The molecule has 1 aromatic heterocycles. The minimum Gasteiger partial charge on any atom is -0.399 e. The lowest BCUT2D eigenvalue weighted by atomic mass is 10.1. The van der Waals surface area contributed by atoms with Gasteiger partial charge in [0.05, 0.1) is 11.3 Å². The number of amides is 1. The van der Waals surface area contributed by atoms with Gasteiger partial charge in [0, 0.05) is 17.3 Å². The Kier molecular flexibility index (Phi) is 3.49. The van der Waals surface area contributed by atoms with Crippen LogP contribution in [0.2, 0.25) is 0 Å². The lowest BCUT2D eigenvalue weighted by molar-refractivity contribution is 0.100. The molecule has 0 aliphatic carbocycles. The largest absolute Gasteiger partial charge is 0.399 e. The van der Waals surface area contributed by atoms with E-state index >= 15 is 0 Å². The molecule has 0 aliphatic rings. The van der Waals surface area contributed by atoms with Gasteiger partial charge in [-0.2, -0.15) is 0 Å². The van der Waals surface area contributed by atoms with Gasteiger partial charge >= 0.3 is 0 Å². The van der Waals surface area contributed by atoms with Gasteiger partial charge in [0.15, 0.2) is 0 Å². The van der Waals surface area contributed by atoms with Crippen molar-refractivity contribution >= 4 is 23.2 Å². The highest BCUT2D eigenvalue weighted by atomic mass is 16.5. The summed E-state index contributed by atoms with van der Waals surface area (Å²) < 4.78 is 5.24. The van der Waals surface area contributed by atoms with E-state index in [4.69, 9.17) is 16.0 Å². The van der Waals surface area contributed by atoms with Crippen molar-refractivity contribution in [2.45, 2.75) is 0 Å². The average molecular weight is 294 g/mol. The van der Waals surface area contributed by atoms with Gasteiger partial charge in [-0.1, -0.05) is 35.5 Å². The van der Waals surface area contributed by atoms with Crippen LogP contribution in [0, 0.1) is 0 Å². The Labute approximate surface area is 126 Å². The number of rotatable bonds is 4. The Morgan fingerprint density at radius 2 is 1.86 bits per heavy atom. The molecule has 3 aromatic rings. The molecule has 6 heteroatoms. The highest BCUT2D eigenvalue weighted by Gasteiger charge is 2.12. The Hall–Kier alpha value is -3.28. The molecule has 0 saturated heterocycles. The molecule has 22 heavy (non-hydrogen) atoms. The summed E-state index contributed by atoms with van der Waals surface area (Å²) in [5.74, 6) is -0.155. The molecule has 0 fully saturated rings. The number of carbonyl (C=O) groups excluding carboxylic acids is 1. The van der Waals surface area contributed by atoms with Gasteiger partial charge in [0.2, 0.25) is 5.88 Å². The summed E-state index contributed by atoms with van der Waals surface area (Å²) in [6.07, 6.45) is 0. The fraction of sp³-hybridized carbons (Fsp3) is 0. The fourth-order valence-corrected chi connectivity index (χ4v) is 2.09. The first-order valence-electron chi connectivity index (χ1n) is 6.62. The predicted molar refractivity (Wildman–Crippen MR) is 84.6 cm³/mol. The smallest absolute Gasteiger partial charge is 0.250 e. The Morgan fingerprint density at radius 1 is 1.09 bits per heavy atom. The number of benzene rings is 2. The second-order valence-corrected chi connectivity index (χ2v) is 4.74. The summed E-state index contributed by atoms with van der Waals surface area (Å²) in [6, 6.07) is 16.1. The molecule has 0 unspecified atom stereocenters. The van der Waals surface area contributed by atoms with E-state index in [0.717, 1.165) is 5.56 Å². The molecule has 0 atom stereocenters. The van der Waals surface area contributed by atoms with E-state index in [0.29, 0.717) is 28.5 Å². The molecule has 0 spiro atoms. The molecule has 6 nitrogen and oxygen atoms in total. The lowest BCUT2D eigenvalue weighted by Gasteiger charge is -2.07. The van der Waals surface area contributed by atoms with Crippen LogP contribution >= 0.6 is 0 Å². The zero-order chi connectivity index (χ0) is 15.5. The molecule has 0 bridgehead atoms. The zero-order valence-electron chi connectivity index (χ0n) is 11.6. The third-order valence-electron chi connectivity index (χ3n) is 3.15. The zero-order valence-corrected chi connectivity index (χ0v) is 11.6. The van der Waals surface area contributed by atoms with Crippen molar-refractivity contribution in [3.05, 3.63) is 60.2 Å². The third-order valence-corrected chi connectivity index (χ3v) is 3.15. The molecule has 3 rings (SSSR count). The van der Waals surface area contributed by atoms with E-state index in [1.54, 1.807) is 24.3 Å². The number of nitrogens with two attached hydrogens (primary N) is 2. The van der Waals surface area contributed by atoms with Crippen LogP contribution in [0.3, 0.4) is 0 Å². The fourth-order valence-electron chi connectivity index (χ4n) is 2.09. The molecule has 1 amide bonds. The Bertz CT molecular complexity index is 812. The maximum Gasteiger partial charge on any atom is 0.250 e. The molecular weight excluding hydrogens is 280 g/mol. The van der Waals surface area contributed by atoms with Crippen LogP contribution in [0.5, 0.6) is 0 Å². The molecule has 0 aliphatic heterocycles. The van der Waals surface area contributed by atoms with Crippen LogP contribution in [0.4, 0.5) is 17.3 Å². The number of anilines is 3. The number of hydrogen-bond donors (Lipinski definition) is 3. The van der Waals surface area contributed by atoms with E-state index < -0.39 is 5.91 Å². The van der Waals surface area contributed by atoms with Crippen molar-refractivity contribution in [2.75, 3.05) is 11.1 Å². The number of aromatic nitrogens is 1. The minimum absolute atomic E-state index is 0.326. The molecule has 0 saturated carbocycles. The van der Waals surface area contributed by atoms with Crippen molar-refractivity contribution in [3.63, 3.8) is 0 Å². The molecule has 0 radical (unpaired) electrons. The molecule has 5 N–H and O–H groups in total. The van der Waals surface area contributed by atoms with Crippen molar-refractivity contribution in [2.24, 2.45) is 5.73 Å². The summed E-state index contributed by atoms with van der Waals surface area (Å²) >= 11 is 0. The summed E-state index contributed by atoms with van der Waals surface area (Å²) in [6.45, 7) is 0. The van der Waals surface area contributed by atoms with Crippen LogP contribution in [-0.4, -0.2) is 11.1 Å². The van der Waals surface area contributed by atoms with Crippen molar-refractivity contribution in [3.8, 4) is 11.3 Å². The Balaban J connectivity index is 1.90. The number of nitrogens with zero attached hydrogens (tertiary/aromatic N) is 1. The summed E-state index contributed by atoms with van der Waals surface area (Å²) in [4.78, 5) is 11.4. The number of hydrogen-bond acceptors (Lipinski definition) is 5. The monoisotopic (exact) mass is 294 g/mol. The van der Waals surface area contributed by atoms with Gasteiger partial charge in [-0.05, 0) is 18.2 Å². The van der Waals surface area contributed by atoms with Crippen LogP contribution in [0.15, 0.2) is 59.1 Å². The van der Waals surface area contributed by atoms with Gasteiger partial charge in [-0.15, -0.1) is 0 Å². The normalized spacial score (nSPS) is 10.4. The van der Waals surface area contributed by atoms with Crippen LogP contribution in [0.1, 0.15) is 10.4 Å². The van der Waals surface area contributed by atoms with Crippen LogP contribution < -0.4 is 16.8 Å². The molecular formula is C16H14N4O2. The van der Waals surface area contributed by atoms with Crippen molar-refractivity contribution < 1.29 is 9.32 Å². The van der Waals surface area contributed by atoms with Crippen LogP contribution in [0.25, 0.3) is 11.3 Å². The van der Waals surface area contributed by atoms with E-state index in [1.165, 1.54) is 0 Å². The maximum atomic E-state index is 11.4. The number of primary amides is 1. The first-order valence-corrected chi connectivity index (χ1v) is 6.62. The number of nitrogen functional groups attached to an aromatic ring is 1.